The van der Waals surface area contributed by atoms with Crippen LogP contribution in [0.4, 0.5) is 23.1 Å². The standard InChI is InChI=1S/C27H33N11O/c1-17-22(12-19(23(28)39)21(32-17)4-9-38-10-7-27(8-11-38)5-3-6-27)34-24-20-15-31-26(35-25(20)37(2)36-24)33-18-13-29-16-30-14-18/h12-16H,3-11H2,1-2H3,(H2,28,39)(H,34,36)(H,31,33,35). The number of hydrogen-bond donors (Lipinski definition) is 3. The number of hydrogen-bond acceptors (Lipinski definition) is 10. The van der Waals surface area contributed by atoms with Gasteiger partial charge in [0.1, 0.15) is 6.33 Å². The zero-order valence-electron chi connectivity index (χ0n) is 22.3. The van der Waals surface area contributed by atoms with E-state index in [1.807, 2.05) is 14.0 Å². The van der Waals surface area contributed by atoms with E-state index in [2.05, 4.69) is 40.6 Å². The van der Waals surface area contributed by atoms with Gasteiger partial charge in [-0.05, 0) is 57.2 Å². The van der Waals surface area contributed by atoms with Crippen LogP contribution in [0.1, 0.15) is 53.8 Å². The number of piperidine rings is 1. The van der Waals surface area contributed by atoms with E-state index >= 15 is 0 Å². The molecule has 1 spiro atoms. The van der Waals surface area contributed by atoms with Crippen LogP contribution in [0.2, 0.25) is 0 Å². The van der Waals surface area contributed by atoms with Crippen LogP contribution in [0.5, 0.6) is 0 Å². The summed E-state index contributed by atoms with van der Waals surface area (Å²) in [5.41, 5.74) is 10.3. The predicted octanol–water partition coefficient (Wildman–Crippen LogP) is 3.25. The molecule has 0 unspecified atom stereocenters. The van der Waals surface area contributed by atoms with Crippen molar-refractivity contribution in [3.63, 3.8) is 0 Å². The Bertz CT molecular complexity index is 1500. The number of aryl methyl sites for hydroxylation is 2. The highest BCUT2D eigenvalue weighted by atomic mass is 16.1. The number of fused-ring (bicyclic) bond motifs is 1. The molecule has 2 aliphatic rings. The third kappa shape index (κ3) is 5.11. The number of primary amides is 1. The molecule has 202 valence electrons. The highest BCUT2D eigenvalue weighted by Crippen LogP contribution is 2.48. The van der Waals surface area contributed by atoms with Crippen LogP contribution in [0.25, 0.3) is 11.0 Å². The van der Waals surface area contributed by atoms with Gasteiger partial charge in [0.05, 0.1) is 46.1 Å². The minimum Gasteiger partial charge on any atom is -0.366 e. The van der Waals surface area contributed by atoms with Crippen molar-refractivity contribution in [2.75, 3.05) is 30.3 Å². The molecule has 1 amide bonds. The lowest BCUT2D eigenvalue weighted by Gasteiger charge is -2.48. The second-order valence-corrected chi connectivity index (χ2v) is 10.7. The molecule has 1 saturated carbocycles. The summed E-state index contributed by atoms with van der Waals surface area (Å²) in [7, 11) is 1.81. The molecule has 2 fully saturated rings. The van der Waals surface area contributed by atoms with Crippen LogP contribution in [0, 0.1) is 12.3 Å². The van der Waals surface area contributed by atoms with Gasteiger partial charge in [-0.1, -0.05) is 6.42 Å². The fraction of sp³-hybridized carbons (Fsp3) is 0.444. The van der Waals surface area contributed by atoms with E-state index in [-0.39, 0.29) is 0 Å². The van der Waals surface area contributed by atoms with Crippen LogP contribution in [-0.2, 0) is 13.5 Å². The second-order valence-electron chi connectivity index (χ2n) is 10.7. The molecule has 0 radical (unpaired) electrons. The normalized spacial score (nSPS) is 16.8. The average molecular weight is 528 g/mol. The highest BCUT2D eigenvalue weighted by Gasteiger charge is 2.39. The Morgan fingerprint density at radius 1 is 1.08 bits per heavy atom. The van der Waals surface area contributed by atoms with Crippen molar-refractivity contribution in [2.24, 2.45) is 18.2 Å². The number of amides is 1. The van der Waals surface area contributed by atoms with E-state index in [1.165, 1.54) is 38.4 Å². The zero-order valence-corrected chi connectivity index (χ0v) is 22.3. The Kier molecular flexibility index (Phi) is 6.55. The number of rotatable bonds is 8. The first-order valence-corrected chi connectivity index (χ1v) is 13.4. The van der Waals surface area contributed by atoms with Crippen LogP contribution >= 0.6 is 0 Å². The summed E-state index contributed by atoms with van der Waals surface area (Å²) >= 11 is 0. The van der Waals surface area contributed by atoms with Crippen molar-refractivity contribution in [1.29, 1.82) is 0 Å². The molecule has 1 aliphatic heterocycles. The largest absolute Gasteiger partial charge is 0.366 e. The molecular weight excluding hydrogens is 494 g/mol. The molecular formula is C27H33N11O. The molecule has 0 bridgehead atoms. The minimum atomic E-state index is -0.484. The quantitative estimate of drug-likeness (QED) is 0.311. The number of nitrogens with zero attached hydrogens (tertiary/aromatic N) is 8. The van der Waals surface area contributed by atoms with Crippen molar-refractivity contribution in [2.45, 2.75) is 45.4 Å². The third-order valence-electron chi connectivity index (χ3n) is 8.20. The van der Waals surface area contributed by atoms with Gasteiger partial charge in [0.25, 0.3) is 5.91 Å². The number of nitrogens with two attached hydrogens (primary N) is 1. The van der Waals surface area contributed by atoms with Gasteiger partial charge in [-0.15, -0.1) is 0 Å². The number of likely N-dealkylation sites (tertiary alicyclic amines) is 1. The number of pyridine rings is 1. The van der Waals surface area contributed by atoms with Gasteiger partial charge in [-0.3, -0.25) is 9.78 Å². The number of aromatic nitrogens is 7. The molecule has 6 rings (SSSR count). The number of carbonyl (C=O) groups is 1. The molecule has 1 saturated heterocycles. The van der Waals surface area contributed by atoms with Gasteiger partial charge in [-0.2, -0.15) is 10.1 Å². The van der Waals surface area contributed by atoms with E-state index in [9.17, 15) is 4.79 Å². The fourth-order valence-corrected chi connectivity index (χ4v) is 5.69. The summed E-state index contributed by atoms with van der Waals surface area (Å²) in [5, 5.41) is 11.7. The van der Waals surface area contributed by atoms with Crippen LogP contribution < -0.4 is 16.4 Å². The molecule has 5 heterocycles. The molecule has 1 aliphatic carbocycles. The molecule has 12 nitrogen and oxygen atoms in total. The molecule has 0 aromatic carbocycles. The summed E-state index contributed by atoms with van der Waals surface area (Å²) in [4.78, 5) is 36.7. The number of anilines is 4. The molecule has 39 heavy (non-hydrogen) atoms. The summed E-state index contributed by atoms with van der Waals surface area (Å²) in [5.74, 6) is 0.484. The molecule has 0 atom stereocenters. The van der Waals surface area contributed by atoms with E-state index in [0.717, 1.165) is 36.4 Å². The van der Waals surface area contributed by atoms with E-state index in [0.29, 0.717) is 46.2 Å². The summed E-state index contributed by atoms with van der Waals surface area (Å²) in [6.45, 7) is 5.04. The first-order valence-electron chi connectivity index (χ1n) is 13.4. The van der Waals surface area contributed by atoms with Crippen molar-refractivity contribution in [3.05, 3.63) is 47.9 Å². The molecule has 4 aromatic rings. The number of nitrogens with one attached hydrogen (secondary N) is 2. The number of carbonyl (C=O) groups excluding carboxylic acids is 1. The van der Waals surface area contributed by atoms with Gasteiger partial charge in [0, 0.05) is 26.2 Å². The lowest BCUT2D eigenvalue weighted by atomic mass is 9.63. The maximum atomic E-state index is 12.4. The first-order chi connectivity index (χ1) is 18.9. The minimum absolute atomic E-state index is 0.404. The van der Waals surface area contributed by atoms with Gasteiger partial charge in [0.2, 0.25) is 5.95 Å². The third-order valence-corrected chi connectivity index (χ3v) is 8.20. The monoisotopic (exact) mass is 527 g/mol. The summed E-state index contributed by atoms with van der Waals surface area (Å²) in [6, 6.07) is 1.78. The van der Waals surface area contributed by atoms with E-state index in [4.69, 9.17) is 10.7 Å². The summed E-state index contributed by atoms with van der Waals surface area (Å²) in [6.07, 6.45) is 13.9. The first kappa shape index (κ1) is 25.1. The Hall–Kier alpha value is -4.19. The van der Waals surface area contributed by atoms with E-state index in [1.54, 1.807) is 29.3 Å². The SMILES string of the molecule is Cc1nc(CCN2CCC3(CCC3)CC2)c(C(N)=O)cc1Nc1nn(C)c2nc(Nc3cncnc3)ncc12. The topological polar surface area (TPSA) is 153 Å². The predicted molar refractivity (Wildman–Crippen MR) is 148 cm³/mol. The Morgan fingerprint density at radius 2 is 1.85 bits per heavy atom. The van der Waals surface area contributed by atoms with Gasteiger partial charge in [-0.25, -0.2) is 19.6 Å². The van der Waals surface area contributed by atoms with Crippen molar-refractivity contribution >= 4 is 40.1 Å². The van der Waals surface area contributed by atoms with Crippen molar-refractivity contribution in [1.82, 2.24) is 39.6 Å². The second kappa shape index (κ2) is 10.2. The Balaban J connectivity index is 1.19. The fourth-order valence-electron chi connectivity index (χ4n) is 5.69. The van der Waals surface area contributed by atoms with Crippen LogP contribution in [-0.4, -0.2) is 65.1 Å². The molecule has 12 heteroatoms. The van der Waals surface area contributed by atoms with Crippen LogP contribution in [0.3, 0.4) is 0 Å². The van der Waals surface area contributed by atoms with E-state index < -0.39 is 5.91 Å². The molecule has 4 N–H and O–H groups in total. The summed E-state index contributed by atoms with van der Waals surface area (Å²) < 4.78 is 1.67. The average Bonchev–Trinajstić information content (AvgIpc) is 3.22. The van der Waals surface area contributed by atoms with Crippen molar-refractivity contribution in [3.8, 4) is 0 Å². The van der Waals surface area contributed by atoms with Gasteiger partial charge in [0.15, 0.2) is 11.5 Å². The Labute approximate surface area is 226 Å². The van der Waals surface area contributed by atoms with Crippen molar-refractivity contribution < 1.29 is 4.79 Å². The smallest absolute Gasteiger partial charge is 0.250 e. The van der Waals surface area contributed by atoms with Crippen LogP contribution in [0.15, 0.2) is 31.0 Å². The van der Waals surface area contributed by atoms with Gasteiger partial charge >= 0.3 is 0 Å². The Morgan fingerprint density at radius 3 is 2.54 bits per heavy atom. The lowest BCUT2D eigenvalue weighted by Crippen LogP contribution is -2.44. The maximum absolute atomic E-state index is 12.4. The molecule has 4 aromatic heterocycles. The highest BCUT2D eigenvalue weighted by molar-refractivity contribution is 5.96. The maximum Gasteiger partial charge on any atom is 0.250 e. The zero-order chi connectivity index (χ0) is 27.0. The lowest BCUT2D eigenvalue weighted by molar-refractivity contribution is 0.0339. The van der Waals surface area contributed by atoms with Gasteiger partial charge < -0.3 is 21.3 Å².